The minimum atomic E-state index is -0.625. The molecule has 0 aromatic heterocycles. The summed E-state index contributed by atoms with van der Waals surface area (Å²) in [5, 5.41) is 0. The van der Waals surface area contributed by atoms with Gasteiger partial charge in [-0.1, -0.05) is 51.9 Å². The second-order valence-electron chi connectivity index (χ2n) is 6.34. The second kappa shape index (κ2) is 12.3. The molecular weight excluding hydrogens is 318 g/mol. The van der Waals surface area contributed by atoms with Crippen LogP contribution in [0.5, 0.6) is 11.5 Å². The molecule has 2 N–H and O–H groups in total. The van der Waals surface area contributed by atoms with Crippen molar-refractivity contribution in [3.63, 3.8) is 0 Å². The van der Waals surface area contributed by atoms with E-state index in [1.54, 1.807) is 24.3 Å². The number of nitrogens with two attached hydrogens (primary N) is 1. The van der Waals surface area contributed by atoms with E-state index < -0.39 is 12.0 Å². The summed E-state index contributed by atoms with van der Waals surface area (Å²) in [5.41, 5.74) is 5.44. The van der Waals surface area contributed by atoms with Crippen LogP contribution in [0.25, 0.3) is 0 Å². The number of primary amides is 1. The van der Waals surface area contributed by atoms with Crippen molar-refractivity contribution in [1.29, 1.82) is 0 Å². The molecule has 0 aliphatic heterocycles. The van der Waals surface area contributed by atoms with E-state index in [4.69, 9.17) is 15.2 Å². The summed E-state index contributed by atoms with van der Waals surface area (Å²) < 4.78 is 10.6. The number of unbranched alkanes of at least 4 members (excludes halogenated alkanes) is 7. The van der Waals surface area contributed by atoms with Crippen LogP contribution < -0.4 is 15.2 Å². The highest BCUT2D eigenvalue weighted by molar-refractivity contribution is 5.79. The van der Waals surface area contributed by atoms with Crippen molar-refractivity contribution < 1.29 is 19.1 Å². The molecule has 0 saturated carbocycles. The smallest absolute Gasteiger partial charge is 0.308 e. The Morgan fingerprint density at radius 2 is 1.44 bits per heavy atom. The fourth-order valence-corrected chi connectivity index (χ4v) is 2.64. The molecule has 0 spiro atoms. The molecule has 0 aliphatic carbocycles. The maximum absolute atomic E-state index is 11.6. The van der Waals surface area contributed by atoms with E-state index in [1.165, 1.54) is 45.4 Å². The Labute approximate surface area is 150 Å². The Balaban J connectivity index is 2.32. The van der Waals surface area contributed by atoms with Crippen LogP contribution in [0, 0.1) is 0 Å². The Kier molecular flexibility index (Phi) is 10.4. The Morgan fingerprint density at radius 3 is 1.96 bits per heavy atom. The molecule has 5 heteroatoms. The second-order valence-corrected chi connectivity index (χ2v) is 6.34. The highest BCUT2D eigenvalue weighted by Crippen LogP contribution is 2.20. The lowest BCUT2D eigenvalue weighted by molar-refractivity contribution is -0.131. The SMILES string of the molecule is CCCCCCCCCCC(Oc1ccc(OC(C)=O)cc1)C(N)=O. The van der Waals surface area contributed by atoms with Crippen LogP contribution in [-0.2, 0) is 9.59 Å². The Hall–Kier alpha value is -2.04. The molecule has 1 rings (SSSR count). The van der Waals surface area contributed by atoms with E-state index in [9.17, 15) is 9.59 Å². The van der Waals surface area contributed by atoms with E-state index in [1.807, 2.05) is 0 Å². The molecule has 25 heavy (non-hydrogen) atoms. The third-order valence-electron chi connectivity index (χ3n) is 4.00. The molecule has 1 aromatic rings. The number of hydrogen-bond donors (Lipinski definition) is 1. The number of carbonyl (C=O) groups excluding carboxylic acids is 2. The van der Waals surface area contributed by atoms with Gasteiger partial charge in [0.2, 0.25) is 0 Å². The van der Waals surface area contributed by atoms with Crippen molar-refractivity contribution in [1.82, 2.24) is 0 Å². The minimum absolute atomic E-state index is 0.377. The van der Waals surface area contributed by atoms with Gasteiger partial charge in [0, 0.05) is 6.92 Å². The molecule has 0 heterocycles. The number of rotatable bonds is 13. The lowest BCUT2D eigenvalue weighted by atomic mass is 10.1. The first kappa shape index (κ1) is 21.0. The highest BCUT2D eigenvalue weighted by Gasteiger charge is 2.16. The fraction of sp³-hybridized carbons (Fsp3) is 0.600. The minimum Gasteiger partial charge on any atom is -0.481 e. The average molecular weight is 349 g/mol. The van der Waals surface area contributed by atoms with Gasteiger partial charge >= 0.3 is 5.97 Å². The van der Waals surface area contributed by atoms with Crippen molar-refractivity contribution in [2.24, 2.45) is 5.73 Å². The van der Waals surface area contributed by atoms with Gasteiger partial charge in [0.1, 0.15) is 11.5 Å². The zero-order valence-electron chi connectivity index (χ0n) is 15.5. The average Bonchev–Trinajstić information content (AvgIpc) is 2.57. The largest absolute Gasteiger partial charge is 0.481 e. The molecule has 1 aromatic carbocycles. The maximum atomic E-state index is 11.6. The summed E-state index contributed by atoms with van der Waals surface area (Å²) in [7, 11) is 0. The fourth-order valence-electron chi connectivity index (χ4n) is 2.64. The van der Waals surface area contributed by atoms with Crippen molar-refractivity contribution in [2.45, 2.75) is 77.7 Å². The van der Waals surface area contributed by atoms with Crippen molar-refractivity contribution >= 4 is 11.9 Å². The van der Waals surface area contributed by atoms with Gasteiger partial charge in [0.15, 0.2) is 6.10 Å². The van der Waals surface area contributed by atoms with Crippen LogP contribution in [0.4, 0.5) is 0 Å². The van der Waals surface area contributed by atoms with E-state index >= 15 is 0 Å². The van der Waals surface area contributed by atoms with Gasteiger partial charge in [0.25, 0.3) is 5.91 Å². The van der Waals surface area contributed by atoms with E-state index in [2.05, 4.69) is 6.92 Å². The number of benzene rings is 1. The molecule has 0 aliphatic rings. The summed E-state index contributed by atoms with van der Waals surface area (Å²) in [6.07, 6.45) is 9.62. The number of carbonyl (C=O) groups is 2. The van der Waals surface area contributed by atoms with E-state index in [-0.39, 0.29) is 5.97 Å². The molecule has 1 atom stereocenters. The first-order valence-corrected chi connectivity index (χ1v) is 9.27. The van der Waals surface area contributed by atoms with Crippen LogP contribution in [-0.4, -0.2) is 18.0 Å². The van der Waals surface area contributed by atoms with Gasteiger partial charge in [-0.3, -0.25) is 9.59 Å². The van der Waals surface area contributed by atoms with Crippen LogP contribution in [0.2, 0.25) is 0 Å². The summed E-state index contributed by atoms with van der Waals surface area (Å²) in [5.74, 6) is 0.156. The highest BCUT2D eigenvalue weighted by atomic mass is 16.5. The number of amides is 1. The monoisotopic (exact) mass is 349 g/mol. The summed E-state index contributed by atoms with van der Waals surface area (Å²) in [6.45, 7) is 3.56. The van der Waals surface area contributed by atoms with Crippen LogP contribution >= 0.6 is 0 Å². The summed E-state index contributed by atoms with van der Waals surface area (Å²) >= 11 is 0. The van der Waals surface area contributed by atoms with Gasteiger partial charge in [-0.15, -0.1) is 0 Å². The molecule has 1 amide bonds. The molecular formula is C20H31NO4. The first-order chi connectivity index (χ1) is 12.0. The van der Waals surface area contributed by atoms with Gasteiger partial charge in [-0.25, -0.2) is 0 Å². The Morgan fingerprint density at radius 1 is 0.920 bits per heavy atom. The third-order valence-corrected chi connectivity index (χ3v) is 4.00. The molecule has 0 saturated heterocycles. The van der Waals surface area contributed by atoms with Crippen molar-refractivity contribution in [3.05, 3.63) is 24.3 Å². The molecule has 0 bridgehead atoms. The normalized spacial score (nSPS) is 11.8. The zero-order chi connectivity index (χ0) is 18.5. The maximum Gasteiger partial charge on any atom is 0.308 e. The first-order valence-electron chi connectivity index (χ1n) is 9.27. The summed E-state index contributed by atoms with van der Waals surface area (Å²) in [4.78, 5) is 22.5. The molecule has 0 radical (unpaired) electrons. The molecule has 1 unspecified atom stereocenters. The topological polar surface area (TPSA) is 78.6 Å². The molecule has 140 valence electrons. The van der Waals surface area contributed by atoms with Crippen LogP contribution in [0.15, 0.2) is 24.3 Å². The van der Waals surface area contributed by atoms with Gasteiger partial charge in [-0.2, -0.15) is 0 Å². The lowest BCUT2D eigenvalue weighted by Gasteiger charge is -2.16. The van der Waals surface area contributed by atoms with Crippen LogP contribution in [0.3, 0.4) is 0 Å². The zero-order valence-corrected chi connectivity index (χ0v) is 15.5. The van der Waals surface area contributed by atoms with Crippen molar-refractivity contribution in [3.8, 4) is 11.5 Å². The van der Waals surface area contributed by atoms with Crippen LogP contribution in [0.1, 0.15) is 71.6 Å². The standard InChI is InChI=1S/C20H31NO4/c1-3-4-5-6-7-8-9-10-11-19(20(21)23)25-18-14-12-17(13-15-18)24-16(2)22/h12-15,19H,3-11H2,1-2H3,(H2,21,23). The van der Waals surface area contributed by atoms with Crippen molar-refractivity contribution in [2.75, 3.05) is 0 Å². The number of esters is 1. The number of hydrogen-bond acceptors (Lipinski definition) is 4. The quantitative estimate of drug-likeness (QED) is 0.326. The van der Waals surface area contributed by atoms with Gasteiger partial charge in [0.05, 0.1) is 0 Å². The Bertz CT molecular complexity index is 513. The van der Waals surface area contributed by atoms with Gasteiger partial charge in [-0.05, 0) is 37.1 Å². The summed E-state index contributed by atoms with van der Waals surface area (Å²) in [6, 6.07) is 6.60. The van der Waals surface area contributed by atoms with E-state index in [0.29, 0.717) is 17.9 Å². The van der Waals surface area contributed by atoms with Gasteiger partial charge < -0.3 is 15.2 Å². The molecule has 5 nitrogen and oxygen atoms in total. The lowest BCUT2D eigenvalue weighted by Crippen LogP contribution is -2.33. The molecule has 0 fully saturated rings. The third kappa shape index (κ3) is 9.75. The number of ether oxygens (including phenoxy) is 2. The predicted octanol–water partition coefficient (Wildman–Crippen LogP) is 4.38. The van der Waals surface area contributed by atoms with E-state index in [0.717, 1.165) is 12.8 Å². The predicted molar refractivity (Wildman–Crippen MR) is 98.6 cm³/mol.